The number of hydrogen-bond acceptors (Lipinski definition) is 3. The van der Waals surface area contributed by atoms with Gasteiger partial charge in [0.05, 0.1) is 0 Å². The average molecular weight is 309 g/mol. The summed E-state index contributed by atoms with van der Waals surface area (Å²) in [5, 5.41) is 6.59. The summed E-state index contributed by atoms with van der Waals surface area (Å²) < 4.78 is 0. The molecule has 0 aromatic rings. The predicted molar refractivity (Wildman–Crippen MR) is 91.9 cm³/mol. The van der Waals surface area contributed by atoms with E-state index in [1.54, 1.807) is 0 Å². The van der Waals surface area contributed by atoms with Gasteiger partial charge in [-0.2, -0.15) is 0 Å². The second-order valence-corrected chi connectivity index (χ2v) is 7.47. The summed E-state index contributed by atoms with van der Waals surface area (Å²) in [6, 6.07) is 0.503. The maximum absolute atomic E-state index is 12.2. The maximum Gasteiger partial charge on any atom is 0.220 e. The summed E-state index contributed by atoms with van der Waals surface area (Å²) in [6.07, 6.45) is 11.0. The highest BCUT2D eigenvalue weighted by Crippen LogP contribution is 2.28. The minimum atomic E-state index is 0.251. The quantitative estimate of drug-likeness (QED) is 0.759. The molecule has 1 atom stereocenters. The van der Waals surface area contributed by atoms with Gasteiger partial charge in [0.1, 0.15) is 0 Å². The lowest BCUT2D eigenvalue weighted by atomic mass is 9.83. The van der Waals surface area contributed by atoms with Gasteiger partial charge in [-0.3, -0.25) is 4.79 Å². The Hall–Kier alpha value is -0.610. The SMILES string of the molecule is CN(C)C(CNC(=O)CCC1CCNCC1)C1CCCCC1. The molecular weight excluding hydrogens is 274 g/mol. The van der Waals surface area contributed by atoms with Gasteiger partial charge in [0.15, 0.2) is 0 Å². The molecule has 2 aliphatic rings. The highest BCUT2D eigenvalue weighted by Gasteiger charge is 2.25. The second kappa shape index (κ2) is 9.51. The summed E-state index contributed by atoms with van der Waals surface area (Å²) in [4.78, 5) is 14.5. The van der Waals surface area contributed by atoms with Crippen molar-refractivity contribution in [3.63, 3.8) is 0 Å². The molecule has 0 aromatic carbocycles. The second-order valence-electron chi connectivity index (χ2n) is 7.47. The third-order valence-corrected chi connectivity index (χ3v) is 5.60. The summed E-state index contributed by atoms with van der Waals surface area (Å²) in [5.74, 6) is 1.75. The molecule has 0 aromatic heterocycles. The molecule has 2 fully saturated rings. The zero-order valence-electron chi connectivity index (χ0n) is 14.6. The molecule has 4 nitrogen and oxygen atoms in total. The van der Waals surface area contributed by atoms with Crippen molar-refractivity contribution in [1.29, 1.82) is 0 Å². The van der Waals surface area contributed by atoms with E-state index in [0.29, 0.717) is 12.5 Å². The van der Waals surface area contributed by atoms with Crippen molar-refractivity contribution in [2.24, 2.45) is 11.8 Å². The van der Waals surface area contributed by atoms with Crippen LogP contribution in [0.3, 0.4) is 0 Å². The van der Waals surface area contributed by atoms with Crippen LogP contribution in [0.2, 0.25) is 0 Å². The molecule has 2 rings (SSSR count). The van der Waals surface area contributed by atoms with Crippen LogP contribution in [0, 0.1) is 11.8 Å². The van der Waals surface area contributed by atoms with Crippen molar-refractivity contribution in [3.05, 3.63) is 0 Å². The van der Waals surface area contributed by atoms with E-state index in [2.05, 4.69) is 29.6 Å². The third kappa shape index (κ3) is 5.88. The third-order valence-electron chi connectivity index (χ3n) is 5.60. The molecule has 1 amide bonds. The van der Waals surface area contributed by atoms with E-state index in [-0.39, 0.29) is 5.91 Å². The Kier molecular flexibility index (Phi) is 7.67. The number of likely N-dealkylation sites (N-methyl/N-ethyl adjacent to an activating group) is 1. The van der Waals surface area contributed by atoms with Crippen LogP contribution in [0.15, 0.2) is 0 Å². The standard InChI is InChI=1S/C18H35N3O/c1-21(2)17(16-6-4-3-5-7-16)14-20-18(22)9-8-15-10-12-19-13-11-15/h15-17,19H,3-14H2,1-2H3,(H,20,22). The molecule has 22 heavy (non-hydrogen) atoms. The van der Waals surface area contributed by atoms with Gasteiger partial charge in [0, 0.05) is 19.0 Å². The van der Waals surface area contributed by atoms with E-state index in [0.717, 1.165) is 37.9 Å². The zero-order chi connectivity index (χ0) is 15.8. The number of carbonyl (C=O) groups is 1. The molecule has 1 saturated heterocycles. The lowest BCUT2D eigenvalue weighted by Crippen LogP contribution is -2.45. The maximum atomic E-state index is 12.2. The van der Waals surface area contributed by atoms with Crippen LogP contribution in [0.4, 0.5) is 0 Å². The fourth-order valence-corrected chi connectivity index (χ4v) is 4.10. The summed E-state index contributed by atoms with van der Waals surface area (Å²) in [7, 11) is 4.31. The molecule has 128 valence electrons. The Labute approximate surface area is 136 Å². The van der Waals surface area contributed by atoms with Crippen LogP contribution >= 0.6 is 0 Å². The molecule has 1 unspecified atom stereocenters. The molecule has 0 radical (unpaired) electrons. The summed E-state index contributed by atoms with van der Waals surface area (Å²) in [6.45, 7) is 3.07. The number of piperidine rings is 1. The summed E-state index contributed by atoms with van der Waals surface area (Å²) >= 11 is 0. The van der Waals surface area contributed by atoms with Gasteiger partial charge in [-0.15, -0.1) is 0 Å². The Morgan fingerprint density at radius 3 is 2.45 bits per heavy atom. The van der Waals surface area contributed by atoms with Gasteiger partial charge in [0.2, 0.25) is 5.91 Å². The van der Waals surface area contributed by atoms with Crippen LogP contribution in [0.25, 0.3) is 0 Å². The number of rotatable bonds is 7. The van der Waals surface area contributed by atoms with E-state index in [1.807, 2.05) is 0 Å². The molecule has 0 bridgehead atoms. The average Bonchev–Trinajstić information content (AvgIpc) is 2.55. The highest BCUT2D eigenvalue weighted by molar-refractivity contribution is 5.75. The largest absolute Gasteiger partial charge is 0.355 e. The Balaban J connectivity index is 1.68. The number of amides is 1. The Morgan fingerprint density at radius 2 is 1.82 bits per heavy atom. The highest BCUT2D eigenvalue weighted by atomic mass is 16.1. The molecule has 1 saturated carbocycles. The predicted octanol–water partition coefficient (Wildman–Crippen LogP) is 2.39. The summed E-state index contributed by atoms with van der Waals surface area (Å²) in [5.41, 5.74) is 0. The van der Waals surface area contributed by atoms with Crippen LogP contribution in [-0.2, 0) is 4.79 Å². The minimum absolute atomic E-state index is 0.251. The molecule has 0 spiro atoms. The lowest BCUT2D eigenvalue weighted by molar-refractivity contribution is -0.121. The number of hydrogen-bond donors (Lipinski definition) is 2. The van der Waals surface area contributed by atoms with E-state index in [9.17, 15) is 4.79 Å². The number of nitrogens with one attached hydrogen (secondary N) is 2. The number of carbonyl (C=O) groups excluding carboxylic acids is 1. The van der Waals surface area contributed by atoms with E-state index in [4.69, 9.17) is 0 Å². The van der Waals surface area contributed by atoms with Gasteiger partial charge in [0.25, 0.3) is 0 Å². The first kappa shape index (κ1) is 17.7. The van der Waals surface area contributed by atoms with Gasteiger partial charge < -0.3 is 15.5 Å². The molecule has 1 aliphatic heterocycles. The first-order valence-corrected chi connectivity index (χ1v) is 9.30. The van der Waals surface area contributed by atoms with E-state index in [1.165, 1.54) is 44.9 Å². The van der Waals surface area contributed by atoms with Gasteiger partial charge in [-0.1, -0.05) is 19.3 Å². The zero-order valence-corrected chi connectivity index (χ0v) is 14.6. The van der Waals surface area contributed by atoms with Crippen LogP contribution < -0.4 is 10.6 Å². The van der Waals surface area contributed by atoms with Crippen LogP contribution in [0.1, 0.15) is 57.8 Å². The van der Waals surface area contributed by atoms with Crippen molar-refractivity contribution in [2.45, 2.75) is 63.8 Å². The first-order valence-electron chi connectivity index (χ1n) is 9.30. The van der Waals surface area contributed by atoms with E-state index >= 15 is 0 Å². The molecule has 2 N–H and O–H groups in total. The van der Waals surface area contributed by atoms with Crippen LogP contribution in [0.5, 0.6) is 0 Å². The smallest absolute Gasteiger partial charge is 0.220 e. The molecular formula is C18H35N3O. The monoisotopic (exact) mass is 309 g/mol. The normalized spacial score (nSPS) is 22.7. The fraction of sp³-hybridized carbons (Fsp3) is 0.944. The first-order chi connectivity index (χ1) is 10.7. The van der Waals surface area contributed by atoms with Crippen molar-refractivity contribution in [3.8, 4) is 0 Å². The van der Waals surface area contributed by atoms with Gasteiger partial charge in [-0.05, 0) is 71.1 Å². The Morgan fingerprint density at radius 1 is 1.14 bits per heavy atom. The van der Waals surface area contributed by atoms with Gasteiger partial charge in [-0.25, -0.2) is 0 Å². The fourth-order valence-electron chi connectivity index (χ4n) is 4.10. The van der Waals surface area contributed by atoms with Crippen molar-refractivity contribution in [1.82, 2.24) is 15.5 Å². The van der Waals surface area contributed by atoms with Gasteiger partial charge >= 0.3 is 0 Å². The number of nitrogens with zero attached hydrogens (tertiary/aromatic N) is 1. The van der Waals surface area contributed by atoms with Crippen molar-refractivity contribution in [2.75, 3.05) is 33.7 Å². The Bertz CT molecular complexity index is 320. The molecule has 1 heterocycles. The minimum Gasteiger partial charge on any atom is -0.355 e. The lowest BCUT2D eigenvalue weighted by Gasteiger charge is -2.35. The molecule has 1 aliphatic carbocycles. The van der Waals surface area contributed by atoms with Crippen LogP contribution in [-0.4, -0.2) is 50.6 Å². The van der Waals surface area contributed by atoms with E-state index < -0.39 is 0 Å². The van der Waals surface area contributed by atoms with Crippen molar-refractivity contribution >= 4 is 5.91 Å². The topological polar surface area (TPSA) is 44.4 Å². The molecule has 4 heteroatoms. The van der Waals surface area contributed by atoms with Crippen molar-refractivity contribution < 1.29 is 4.79 Å².